The zero-order valence-electron chi connectivity index (χ0n) is 7.71. The molecule has 12 heavy (non-hydrogen) atoms. The fourth-order valence-corrected chi connectivity index (χ4v) is 1.31. The van der Waals surface area contributed by atoms with E-state index in [1.807, 2.05) is 4.90 Å². The van der Waals surface area contributed by atoms with Crippen molar-refractivity contribution in [2.75, 3.05) is 13.1 Å². The van der Waals surface area contributed by atoms with Gasteiger partial charge in [-0.25, -0.2) is 0 Å². The number of hydrogen-bond donors (Lipinski definition) is 0. The molecule has 0 N–H and O–H groups in total. The molecule has 0 aromatic carbocycles. The first-order valence-corrected chi connectivity index (χ1v) is 4.23. The predicted molar refractivity (Wildman–Crippen MR) is 49.7 cm³/mol. The van der Waals surface area contributed by atoms with Gasteiger partial charge in [-0.15, -0.1) is 0 Å². The smallest absolute Gasteiger partial charge is 0.246 e. The molecule has 0 fully saturated rings. The van der Waals surface area contributed by atoms with Crippen LogP contribution in [-0.2, 0) is 4.79 Å². The molecular weight excluding hydrogens is 150 g/mol. The minimum atomic E-state index is 0.0330. The van der Waals surface area contributed by atoms with Crippen molar-refractivity contribution in [1.82, 2.24) is 4.90 Å². The van der Waals surface area contributed by atoms with Crippen LogP contribution in [0.2, 0.25) is 0 Å². The molecule has 1 atom stereocenters. The van der Waals surface area contributed by atoms with Gasteiger partial charge < -0.3 is 4.90 Å². The summed E-state index contributed by atoms with van der Waals surface area (Å²) in [6.45, 7) is 9.28. The molecule has 66 valence electrons. The molecule has 1 aliphatic heterocycles. The van der Waals surface area contributed by atoms with E-state index in [-0.39, 0.29) is 5.91 Å². The number of rotatable bonds is 1. The van der Waals surface area contributed by atoms with Crippen molar-refractivity contribution in [3.63, 3.8) is 0 Å². The Hall–Kier alpha value is -1.05. The zero-order chi connectivity index (χ0) is 9.14. The number of carbonyl (C=O) groups excluding carboxylic acids is 1. The lowest BCUT2D eigenvalue weighted by molar-refractivity contribution is -0.126. The summed E-state index contributed by atoms with van der Waals surface area (Å²) in [4.78, 5) is 13.0. The molecule has 0 aromatic rings. The van der Waals surface area contributed by atoms with Gasteiger partial charge in [-0.05, 0) is 18.9 Å². The fraction of sp³-hybridized carbons (Fsp3) is 0.500. The predicted octanol–water partition coefficient (Wildman–Crippen LogP) is 1.60. The van der Waals surface area contributed by atoms with Crippen LogP contribution < -0.4 is 0 Å². The number of amides is 1. The summed E-state index contributed by atoms with van der Waals surface area (Å²) in [5.74, 6) is 0.522. The molecule has 0 saturated carbocycles. The average Bonchev–Trinajstić information content (AvgIpc) is 2.08. The number of carbonyl (C=O) groups is 1. The summed E-state index contributed by atoms with van der Waals surface area (Å²) in [6, 6.07) is 0. The third-order valence-corrected chi connectivity index (χ3v) is 2.39. The number of hydrogen-bond acceptors (Lipinski definition) is 1. The summed E-state index contributed by atoms with van der Waals surface area (Å²) in [5.41, 5.74) is 1.38. The zero-order valence-corrected chi connectivity index (χ0v) is 7.71. The van der Waals surface area contributed by atoms with Crippen molar-refractivity contribution >= 4 is 5.91 Å². The third kappa shape index (κ3) is 1.76. The average molecular weight is 165 g/mol. The highest BCUT2D eigenvalue weighted by molar-refractivity contribution is 5.87. The fourth-order valence-electron chi connectivity index (χ4n) is 1.31. The SMILES string of the molecule is C=CC(=O)N1CC=C(C)C(C)C1. The Morgan fingerprint density at radius 2 is 2.50 bits per heavy atom. The molecule has 1 aliphatic rings. The largest absolute Gasteiger partial charge is 0.335 e. The van der Waals surface area contributed by atoms with E-state index >= 15 is 0 Å². The van der Waals surface area contributed by atoms with Gasteiger partial charge in [0, 0.05) is 13.1 Å². The van der Waals surface area contributed by atoms with Gasteiger partial charge >= 0.3 is 0 Å². The first-order valence-electron chi connectivity index (χ1n) is 4.23. The molecule has 2 heteroatoms. The Balaban J connectivity index is 2.64. The van der Waals surface area contributed by atoms with Crippen LogP contribution in [0, 0.1) is 5.92 Å². The van der Waals surface area contributed by atoms with Crippen molar-refractivity contribution in [1.29, 1.82) is 0 Å². The highest BCUT2D eigenvalue weighted by Crippen LogP contribution is 2.16. The second kappa shape index (κ2) is 3.57. The monoisotopic (exact) mass is 165 g/mol. The lowest BCUT2D eigenvalue weighted by Crippen LogP contribution is -2.37. The van der Waals surface area contributed by atoms with E-state index in [9.17, 15) is 4.79 Å². The van der Waals surface area contributed by atoms with Gasteiger partial charge in [0.2, 0.25) is 5.91 Å². The third-order valence-electron chi connectivity index (χ3n) is 2.39. The molecule has 2 nitrogen and oxygen atoms in total. The highest BCUT2D eigenvalue weighted by atomic mass is 16.2. The topological polar surface area (TPSA) is 20.3 Å². The van der Waals surface area contributed by atoms with Gasteiger partial charge in [-0.3, -0.25) is 4.79 Å². The quantitative estimate of drug-likeness (QED) is 0.427. The standard InChI is InChI=1S/C10H15NO/c1-4-10(12)11-6-5-8(2)9(3)7-11/h4-5,9H,1,6-7H2,2-3H3. The van der Waals surface area contributed by atoms with Gasteiger partial charge in [0.1, 0.15) is 0 Å². The summed E-state index contributed by atoms with van der Waals surface area (Å²) in [7, 11) is 0. The van der Waals surface area contributed by atoms with Crippen LogP contribution in [0.25, 0.3) is 0 Å². The maximum Gasteiger partial charge on any atom is 0.246 e. The molecule has 0 aliphatic carbocycles. The second-order valence-electron chi connectivity index (χ2n) is 3.30. The van der Waals surface area contributed by atoms with Crippen LogP contribution in [0.15, 0.2) is 24.3 Å². The van der Waals surface area contributed by atoms with Crippen molar-refractivity contribution in [2.45, 2.75) is 13.8 Å². The van der Waals surface area contributed by atoms with Gasteiger partial charge in [-0.1, -0.05) is 25.2 Å². The molecule has 0 spiro atoms. The summed E-state index contributed by atoms with van der Waals surface area (Å²) in [6.07, 6.45) is 3.48. The molecule has 0 aromatic heterocycles. The molecule has 1 unspecified atom stereocenters. The van der Waals surface area contributed by atoms with Crippen LogP contribution in [0.5, 0.6) is 0 Å². The number of nitrogens with zero attached hydrogens (tertiary/aromatic N) is 1. The van der Waals surface area contributed by atoms with E-state index in [4.69, 9.17) is 0 Å². The highest BCUT2D eigenvalue weighted by Gasteiger charge is 2.18. The summed E-state index contributed by atoms with van der Waals surface area (Å²) >= 11 is 0. The van der Waals surface area contributed by atoms with E-state index in [2.05, 4.69) is 26.5 Å². The van der Waals surface area contributed by atoms with Crippen LogP contribution in [0.1, 0.15) is 13.8 Å². The Bertz CT molecular complexity index is 230. The summed E-state index contributed by atoms with van der Waals surface area (Å²) < 4.78 is 0. The van der Waals surface area contributed by atoms with E-state index in [0.29, 0.717) is 5.92 Å². The Labute approximate surface area is 73.6 Å². The van der Waals surface area contributed by atoms with Gasteiger partial charge in [0.25, 0.3) is 0 Å². The second-order valence-corrected chi connectivity index (χ2v) is 3.30. The molecule has 1 amide bonds. The van der Waals surface area contributed by atoms with E-state index in [0.717, 1.165) is 13.1 Å². The van der Waals surface area contributed by atoms with Crippen molar-refractivity contribution in [3.8, 4) is 0 Å². The van der Waals surface area contributed by atoms with Gasteiger partial charge in [0.05, 0.1) is 0 Å². The molecule has 0 saturated heterocycles. The molecule has 1 heterocycles. The van der Waals surface area contributed by atoms with Crippen molar-refractivity contribution in [3.05, 3.63) is 24.3 Å². The van der Waals surface area contributed by atoms with Gasteiger partial charge in [-0.2, -0.15) is 0 Å². The Morgan fingerprint density at radius 1 is 1.83 bits per heavy atom. The van der Waals surface area contributed by atoms with Crippen LogP contribution >= 0.6 is 0 Å². The minimum absolute atomic E-state index is 0.0330. The molecule has 0 bridgehead atoms. The summed E-state index contributed by atoms with van der Waals surface area (Å²) in [5, 5.41) is 0. The van der Waals surface area contributed by atoms with Gasteiger partial charge in [0.15, 0.2) is 0 Å². The Morgan fingerprint density at radius 3 is 3.00 bits per heavy atom. The molecule has 1 rings (SSSR count). The normalized spacial score (nSPS) is 23.3. The molecular formula is C10H15NO. The Kier molecular flexibility index (Phi) is 2.69. The van der Waals surface area contributed by atoms with Crippen LogP contribution in [0.3, 0.4) is 0 Å². The van der Waals surface area contributed by atoms with E-state index < -0.39 is 0 Å². The maximum atomic E-state index is 11.2. The van der Waals surface area contributed by atoms with E-state index in [1.54, 1.807) is 0 Å². The molecule has 0 radical (unpaired) electrons. The first-order chi connectivity index (χ1) is 5.65. The lowest BCUT2D eigenvalue weighted by Gasteiger charge is -2.28. The van der Waals surface area contributed by atoms with Crippen molar-refractivity contribution in [2.24, 2.45) is 5.92 Å². The maximum absolute atomic E-state index is 11.2. The lowest BCUT2D eigenvalue weighted by atomic mass is 9.98. The van der Waals surface area contributed by atoms with Crippen molar-refractivity contribution < 1.29 is 4.79 Å². The van der Waals surface area contributed by atoms with E-state index in [1.165, 1.54) is 11.6 Å². The minimum Gasteiger partial charge on any atom is -0.335 e. The first kappa shape index (κ1) is 9.04. The van der Waals surface area contributed by atoms with Crippen LogP contribution in [0.4, 0.5) is 0 Å². The van der Waals surface area contributed by atoms with Crippen LogP contribution in [-0.4, -0.2) is 23.9 Å².